The first kappa shape index (κ1) is 17.4. The molecule has 1 unspecified atom stereocenters. The van der Waals surface area contributed by atoms with Gasteiger partial charge in [-0.25, -0.2) is 0 Å². The standard InChI is InChI=1S/C17H24O4/c1-4-20-11-16(18)12-21-17(19)14(3)7-10-15-8-5-13(2)6-9-15/h5-6,8-9,14H,4,7,10-12H2,1-3H3. The van der Waals surface area contributed by atoms with Gasteiger partial charge in [0.2, 0.25) is 0 Å². The van der Waals surface area contributed by atoms with Gasteiger partial charge in [0.05, 0.1) is 5.92 Å². The number of rotatable bonds is 9. The predicted molar refractivity (Wildman–Crippen MR) is 81.1 cm³/mol. The number of benzene rings is 1. The fourth-order valence-corrected chi connectivity index (χ4v) is 1.81. The Balaban J connectivity index is 2.27. The van der Waals surface area contributed by atoms with Crippen LogP contribution in [0, 0.1) is 12.8 Å². The van der Waals surface area contributed by atoms with E-state index < -0.39 is 0 Å². The zero-order valence-corrected chi connectivity index (χ0v) is 13.1. The molecule has 0 saturated heterocycles. The summed E-state index contributed by atoms with van der Waals surface area (Å²) >= 11 is 0. The van der Waals surface area contributed by atoms with Crippen LogP contribution in [0.1, 0.15) is 31.4 Å². The van der Waals surface area contributed by atoms with Crippen molar-refractivity contribution in [2.24, 2.45) is 5.92 Å². The number of carbonyl (C=O) groups is 2. The summed E-state index contributed by atoms with van der Waals surface area (Å²) in [4.78, 5) is 23.1. The van der Waals surface area contributed by atoms with Crippen molar-refractivity contribution >= 4 is 11.8 Å². The Hall–Kier alpha value is -1.68. The topological polar surface area (TPSA) is 52.6 Å². The van der Waals surface area contributed by atoms with E-state index in [1.807, 2.05) is 20.8 Å². The summed E-state index contributed by atoms with van der Waals surface area (Å²) in [5.74, 6) is -0.755. The summed E-state index contributed by atoms with van der Waals surface area (Å²) in [5.41, 5.74) is 2.42. The molecule has 116 valence electrons. The summed E-state index contributed by atoms with van der Waals surface area (Å²) in [7, 11) is 0. The van der Waals surface area contributed by atoms with Crippen LogP contribution in [0.5, 0.6) is 0 Å². The van der Waals surface area contributed by atoms with Gasteiger partial charge in [0, 0.05) is 6.61 Å². The van der Waals surface area contributed by atoms with Crippen LogP contribution < -0.4 is 0 Å². The van der Waals surface area contributed by atoms with E-state index in [9.17, 15) is 9.59 Å². The summed E-state index contributed by atoms with van der Waals surface area (Å²) < 4.78 is 9.96. The molecule has 0 N–H and O–H groups in total. The molecule has 0 fully saturated rings. The second kappa shape index (κ2) is 9.29. The average Bonchev–Trinajstić information content (AvgIpc) is 2.49. The lowest BCUT2D eigenvalue weighted by molar-refractivity contribution is -0.152. The van der Waals surface area contributed by atoms with E-state index >= 15 is 0 Å². The number of carbonyl (C=O) groups excluding carboxylic acids is 2. The van der Waals surface area contributed by atoms with E-state index in [0.717, 1.165) is 6.42 Å². The van der Waals surface area contributed by atoms with Gasteiger partial charge in [-0.3, -0.25) is 9.59 Å². The molecule has 0 aliphatic heterocycles. The molecule has 0 heterocycles. The lowest BCUT2D eigenvalue weighted by atomic mass is 10.0. The molecule has 1 aromatic rings. The van der Waals surface area contributed by atoms with Crippen LogP contribution in [0.25, 0.3) is 0 Å². The van der Waals surface area contributed by atoms with Crippen LogP contribution in [-0.2, 0) is 25.5 Å². The number of esters is 1. The van der Waals surface area contributed by atoms with Gasteiger partial charge in [-0.15, -0.1) is 0 Å². The Morgan fingerprint density at radius 1 is 1.14 bits per heavy atom. The smallest absolute Gasteiger partial charge is 0.309 e. The Kier molecular flexibility index (Phi) is 7.69. The zero-order valence-electron chi connectivity index (χ0n) is 13.1. The third-order valence-corrected chi connectivity index (χ3v) is 3.23. The number of ether oxygens (including phenoxy) is 2. The maximum absolute atomic E-state index is 11.8. The second-order valence-electron chi connectivity index (χ2n) is 5.21. The third kappa shape index (κ3) is 7.04. The SMILES string of the molecule is CCOCC(=O)COC(=O)C(C)CCc1ccc(C)cc1. The minimum atomic E-state index is -0.327. The van der Waals surface area contributed by atoms with Gasteiger partial charge in [0.15, 0.2) is 12.4 Å². The van der Waals surface area contributed by atoms with Gasteiger partial charge in [-0.1, -0.05) is 36.8 Å². The van der Waals surface area contributed by atoms with E-state index in [1.165, 1.54) is 11.1 Å². The van der Waals surface area contributed by atoms with Crippen molar-refractivity contribution in [3.05, 3.63) is 35.4 Å². The van der Waals surface area contributed by atoms with Crippen LogP contribution in [0.4, 0.5) is 0 Å². The zero-order chi connectivity index (χ0) is 15.7. The molecular formula is C17H24O4. The summed E-state index contributed by atoms with van der Waals surface area (Å²) in [5, 5.41) is 0. The number of ketones is 1. The van der Waals surface area contributed by atoms with Crippen LogP contribution in [0.3, 0.4) is 0 Å². The average molecular weight is 292 g/mol. The highest BCUT2D eigenvalue weighted by Crippen LogP contribution is 2.12. The predicted octanol–water partition coefficient (Wildman–Crippen LogP) is 2.71. The maximum atomic E-state index is 11.8. The molecule has 0 aromatic heterocycles. The molecule has 0 amide bonds. The Morgan fingerprint density at radius 2 is 1.81 bits per heavy atom. The van der Waals surface area contributed by atoms with Crippen LogP contribution in [0.15, 0.2) is 24.3 Å². The number of hydrogen-bond donors (Lipinski definition) is 0. The molecule has 0 aliphatic rings. The molecule has 0 spiro atoms. The lowest BCUT2D eigenvalue weighted by Crippen LogP contribution is -2.22. The lowest BCUT2D eigenvalue weighted by Gasteiger charge is -2.11. The van der Waals surface area contributed by atoms with Crippen molar-refractivity contribution in [3.63, 3.8) is 0 Å². The number of aryl methyl sites for hydroxylation is 2. The van der Waals surface area contributed by atoms with E-state index in [1.54, 1.807) is 0 Å². The quantitative estimate of drug-likeness (QED) is 0.657. The molecule has 1 aromatic carbocycles. The van der Waals surface area contributed by atoms with Crippen molar-refractivity contribution < 1.29 is 19.1 Å². The van der Waals surface area contributed by atoms with Crippen LogP contribution >= 0.6 is 0 Å². The molecular weight excluding hydrogens is 268 g/mol. The second-order valence-corrected chi connectivity index (χ2v) is 5.21. The maximum Gasteiger partial charge on any atom is 0.309 e. The van der Waals surface area contributed by atoms with Gasteiger partial charge in [0.1, 0.15) is 6.61 Å². The highest BCUT2D eigenvalue weighted by Gasteiger charge is 2.16. The van der Waals surface area contributed by atoms with Crippen molar-refractivity contribution in [3.8, 4) is 0 Å². The highest BCUT2D eigenvalue weighted by atomic mass is 16.5. The van der Waals surface area contributed by atoms with E-state index in [4.69, 9.17) is 9.47 Å². The molecule has 1 atom stereocenters. The molecule has 4 heteroatoms. The summed E-state index contributed by atoms with van der Waals surface area (Å²) in [6.07, 6.45) is 1.53. The molecule has 0 radical (unpaired) electrons. The van der Waals surface area contributed by atoms with Crippen molar-refractivity contribution in [2.45, 2.75) is 33.6 Å². The molecule has 21 heavy (non-hydrogen) atoms. The van der Waals surface area contributed by atoms with Gasteiger partial charge < -0.3 is 9.47 Å². The molecule has 0 bridgehead atoms. The largest absolute Gasteiger partial charge is 0.457 e. The Labute approximate surface area is 126 Å². The number of hydrogen-bond acceptors (Lipinski definition) is 4. The van der Waals surface area contributed by atoms with E-state index in [0.29, 0.717) is 13.0 Å². The first-order valence-electron chi connectivity index (χ1n) is 7.34. The Bertz CT molecular complexity index is 450. The summed E-state index contributed by atoms with van der Waals surface area (Å²) in [6.45, 7) is 5.96. The first-order valence-corrected chi connectivity index (χ1v) is 7.34. The monoisotopic (exact) mass is 292 g/mol. The fourth-order valence-electron chi connectivity index (χ4n) is 1.81. The minimum absolute atomic E-state index is 0.00152. The third-order valence-electron chi connectivity index (χ3n) is 3.23. The molecule has 4 nitrogen and oxygen atoms in total. The van der Waals surface area contributed by atoms with Gasteiger partial charge in [0.25, 0.3) is 0 Å². The minimum Gasteiger partial charge on any atom is -0.457 e. The molecule has 0 aliphatic carbocycles. The first-order chi connectivity index (χ1) is 10.0. The van der Waals surface area contributed by atoms with Crippen molar-refractivity contribution in [1.82, 2.24) is 0 Å². The Morgan fingerprint density at radius 3 is 2.43 bits per heavy atom. The highest BCUT2D eigenvalue weighted by molar-refractivity contribution is 5.83. The van der Waals surface area contributed by atoms with Crippen molar-refractivity contribution in [2.75, 3.05) is 19.8 Å². The summed E-state index contributed by atoms with van der Waals surface area (Å²) in [6, 6.07) is 8.26. The molecule has 1 rings (SSSR count). The molecule has 0 saturated carbocycles. The number of Topliss-reactive ketones (excluding diaryl/α,β-unsaturated/α-hetero) is 1. The normalized spacial score (nSPS) is 12.0. The van der Waals surface area contributed by atoms with Crippen LogP contribution in [0.2, 0.25) is 0 Å². The fraction of sp³-hybridized carbons (Fsp3) is 0.529. The van der Waals surface area contributed by atoms with Gasteiger partial charge in [-0.05, 0) is 32.3 Å². The van der Waals surface area contributed by atoms with Crippen molar-refractivity contribution in [1.29, 1.82) is 0 Å². The van der Waals surface area contributed by atoms with Gasteiger partial charge >= 0.3 is 5.97 Å². The van der Waals surface area contributed by atoms with Crippen LogP contribution in [-0.4, -0.2) is 31.6 Å². The van der Waals surface area contributed by atoms with E-state index in [2.05, 4.69) is 24.3 Å². The van der Waals surface area contributed by atoms with Gasteiger partial charge in [-0.2, -0.15) is 0 Å². The van der Waals surface area contributed by atoms with E-state index in [-0.39, 0.29) is 30.9 Å².